The largest absolute Gasteiger partial charge is 0.381 e. The lowest BCUT2D eigenvalue weighted by Gasteiger charge is -2.32. The summed E-state index contributed by atoms with van der Waals surface area (Å²) >= 11 is 0. The summed E-state index contributed by atoms with van der Waals surface area (Å²) in [5.41, 5.74) is 3.06. The van der Waals surface area contributed by atoms with Gasteiger partial charge in [-0.15, -0.1) is 0 Å². The van der Waals surface area contributed by atoms with Gasteiger partial charge in [0.2, 0.25) is 5.91 Å². The third-order valence-electron chi connectivity index (χ3n) is 5.80. The number of fused-ring (bicyclic) bond motifs is 1. The third kappa shape index (κ3) is 4.52. The van der Waals surface area contributed by atoms with E-state index < -0.39 is 0 Å². The van der Waals surface area contributed by atoms with Gasteiger partial charge >= 0.3 is 0 Å². The highest BCUT2D eigenvalue weighted by Crippen LogP contribution is 2.28. The predicted molar refractivity (Wildman–Crippen MR) is 120 cm³/mol. The van der Waals surface area contributed by atoms with Gasteiger partial charge in [0.05, 0.1) is 22.8 Å². The van der Waals surface area contributed by atoms with Gasteiger partial charge in [0.25, 0.3) is 5.91 Å². The standard InChI is InChI=1S/C23H28N6O2/c1-3-29-22-19(15-26-29)21(27-18-9-11-28(12-10-18)16(2)30)20(14-24-22)23(31)25-13-17-7-5-4-6-8-17/h4-8,14-15,18H,3,9-13H2,1-2H3,(H,24,27)(H,25,31). The summed E-state index contributed by atoms with van der Waals surface area (Å²) in [7, 11) is 0. The molecule has 31 heavy (non-hydrogen) atoms. The first kappa shape index (κ1) is 20.8. The molecular weight excluding hydrogens is 392 g/mol. The molecule has 3 heterocycles. The van der Waals surface area contributed by atoms with Gasteiger partial charge in [-0.3, -0.25) is 9.59 Å². The Morgan fingerprint density at radius 1 is 1.13 bits per heavy atom. The summed E-state index contributed by atoms with van der Waals surface area (Å²) < 4.78 is 1.82. The number of nitrogens with one attached hydrogen (secondary N) is 2. The fourth-order valence-corrected chi connectivity index (χ4v) is 4.00. The lowest BCUT2D eigenvalue weighted by atomic mass is 10.0. The average molecular weight is 421 g/mol. The van der Waals surface area contributed by atoms with Crippen molar-refractivity contribution < 1.29 is 9.59 Å². The van der Waals surface area contributed by atoms with Crippen LogP contribution in [0.1, 0.15) is 42.6 Å². The number of likely N-dealkylation sites (tertiary alicyclic amines) is 1. The molecule has 0 atom stereocenters. The number of carbonyl (C=O) groups is 2. The number of carbonyl (C=O) groups excluding carboxylic acids is 2. The van der Waals surface area contributed by atoms with E-state index in [0.717, 1.165) is 35.1 Å². The van der Waals surface area contributed by atoms with E-state index in [1.807, 2.05) is 46.8 Å². The van der Waals surface area contributed by atoms with Gasteiger partial charge in [0.15, 0.2) is 5.65 Å². The summed E-state index contributed by atoms with van der Waals surface area (Å²) in [5, 5.41) is 11.8. The summed E-state index contributed by atoms with van der Waals surface area (Å²) in [4.78, 5) is 31.1. The quantitative estimate of drug-likeness (QED) is 0.640. The van der Waals surface area contributed by atoms with E-state index in [2.05, 4.69) is 20.7 Å². The lowest BCUT2D eigenvalue weighted by molar-refractivity contribution is -0.129. The number of aryl methyl sites for hydroxylation is 1. The normalized spacial score (nSPS) is 14.6. The van der Waals surface area contributed by atoms with Crippen molar-refractivity contribution in [3.63, 3.8) is 0 Å². The molecule has 0 bridgehead atoms. The highest BCUT2D eigenvalue weighted by molar-refractivity contribution is 6.06. The van der Waals surface area contributed by atoms with Crippen LogP contribution >= 0.6 is 0 Å². The minimum absolute atomic E-state index is 0.106. The van der Waals surface area contributed by atoms with Crippen molar-refractivity contribution in [2.45, 2.75) is 45.8 Å². The van der Waals surface area contributed by atoms with Crippen LogP contribution in [0.15, 0.2) is 42.7 Å². The number of benzene rings is 1. The minimum atomic E-state index is -0.175. The molecule has 0 unspecified atom stereocenters. The molecule has 0 spiro atoms. The van der Waals surface area contributed by atoms with Gasteiger partial charge in [0, 0.05) is 45.3 Å². The van der Waals surface area contributed by atoms with Crippen LogP contribution in [0.4, 0.5) is 5.69 Å². The zero-order valence-electron chi connectivity index (χ0n) is 18.0. The van der Waals surface area contributed by atoms with E-state index in [9.17, 15) is 9.59 Å². The fourth-order valence-electron chi connectivity index (χ4n) is 4.00. The van der Waals surface area contributed by atoms with Crippen LogP contribution in [-0.2, 0) is 17.9 Å². The second-order valence-electron chi connectivity index (χ2n) is 7.84. The maximum Gasteiger partial charge on any atom is 0.255 e. The van der Waals surface area contributed by atoms with Gasteiger partial charge in [-0.05, 0) is 25.3 Å². The van der Waals surface area contributed by atoms with E-state index in [4.69, 9.17) is 0 Å². The molecule has 2 aromatic heterocycles. The molecule has 1 fully saturated rings. The smallest absolute Gasteiger partial charge is 0.255 e. The highest BCUT2D eigenvalue weighted by atomic mass is 16.2. The molecule has 1 aliphatic rings. The molecule has 2 amide bonds. The number of hydrogen-bond donors (Lipinski definition) is 2. The molecule has 1 aliphatic heterocycles. The van der Waals surface area contributed by atoms with Crippen LogP contribution in [0.5, 0.6) is 0 Å². The molecule has 0 saturated carbocycles. The van der Waals surface area contributed by atoms with Gasteiger partial charge in [-0.1, -0.05) is 30.3 Å². The number of nitrogens with zero attached hydrogens (tertiary/aromatic N) is 4. The average Bonchev–Trinajstić information content (AvgIpc) is 3.22. The molecule has 4 rings (SSSR count). The lowest BCUT2D eigenvalue weighted by Crippen LogP contribution is -2.41. The van der Waals surface area contributed by atoms with E-state index >= 15 is 0 Å². The Labute approximate surface area is 181 Å². The van der Waals surface area contributed by atoms with Gasteiger partial charge < -0.3 is 15.5 Å². The molecule has 1 saturated heterocycles. The maximum atomic E-state index is 13.1. The summed E-state index contributed by atoms with van der Waals surface area (Å²) in [5.74, 6) is -0.0684. The predicted octanol–water partition coefficient (Wildman–Crippen LogP) is 2.80. The Balaban J connectivity index is 1.59. The summed E-state index contributed by atoms with van der Waals surface area (Å²) in [6, 6.07) is 9.99. The first-order valence-corrected chi connectivity index (χ1v) is 10.8. The van der Waals surface area contributed by atoms with Crippen molar-refractivity contribution in [2.75, 3.05) is 18.4 Å². The monoisotopic (exact) mass is 420 g/mol. The molecule has 8 heteroatoms. The number of piperidine rings is 1. The molecule has 162 valence electrons. The maximum absolute atomic E-state index is 13.1. The number of hydrogen-bond acceptors (Lipinski definition) is 5. The van der Waals surface area contributed by atoms with E-state index in [1.165, 1.54) is 0 Å². The van der Waals surface area contributed by atoms with Crippen LogP contribution < -0.4 is 10.6 Å². The Morgan fingerprint density at radius 3 is 2.55 bits per heavy atom. The number of aromatic nitrogens is 3. The molecule has 0 radical (unpaired) electrons. The number of rotatable bonds is 6. The molecule has 2 N–H and O–H groups in total. The van der Waals surface area contributed by atoms with Crippen molar-refractivity contribution in [3.05, 3.63) is 53.9 Å². The van der Waals surface area contributed by atoms with Crippen molar-refractivity contribution >= 4 is 28.5 Å². The number of amides is 2. The third-order valence-corrected chi connectivity index (χ3v) is 5.80. The van der Waals surface area contributed by atoms with E-state index in [-0.39, 0.29) is 17.9 Å². The van der Waals surface area contributed by atoms with Crippen LogP contribution in [0, 0.1) is 0 Å². The van der Waals surface area contributed by atoms with Crippen molar-refractivity contribution in [1.82, 2.24) is 25.0 Å². The second kappa shape index (κ2) is 9.16. The van der Waals surface area contributed by atoms with Gasteiger partial charge in [-0.2, -0.15) is 5.10 Å². The molecular formula is C23H28N6O2. The topological polar surface area (TPSA) is 92.2 Å². The molecule has 1 aromatic carbocycles. The van der Waals surface area contributed by atoms with E-state index in [1.54, 1.807) is 19.3 Å². The van der Waals surface area contributed by atoms with Crippen molar-refractivity contribution in [1.29, 1.82) is 0 Å². The second-order valence-corrected chi connectivity index (χ2v) is 7.84. The fraction of sp³-hybridized carbons (Fsp3) is 0.391. The molecule has 0 aliphatic carbocycles. The van der Waals surface area contributed by atoms with E-state index in [0.29, 0.717) is 31.7 Å². The van der Waals surface area contributed by atoms with Gasteiger partial charge in [-0.25, -0.2) is 9.67 Å². The van der Waals surface area contributed by atoms with Gasteiger partial charge in [0.1, 0.15) is 0 Å². The summed E-state index contributed by atoms with van der Waals surface area (Å²) in [6.45, 7) is 6.19. The number of anilines is 1. The first-order chi connectivity index (χ1) is 15.1. The van der Waals surface area contributed by atoms with Crippen LogP contribution in [0.2, 0.25) is 0 Å². The highest BCUT2D eigenvalue weighted by Gasteiger charge is 2.24. The molecule has 8 nitrogen and oxygen atoms in total. The van der Waals surface area contributed by atoms with Crippen LogP contribution in [0.25, 0.3) is 11.0 Å². The van der Waals surface area contributed by atoms with Crippen LogP contribution in [-0.4, -0.2) is 50.6 Å². The zero-order chi connectivity index (χ0) is 21.8. The Kier molecular flexibility index (Phi) is 6.16. The summed E-state index contributed by atoms with van der Waals surface area (Å²) in [6.07, 6.45) is 5.06. The zero-order valence-corrected chi connectivity index (χ0v) is 18.0. The van der Waals surface area contributed by atoms with Crippen molar-refractivity contribution in [3.8, 4) is 0 Å². The molecule has 3 aromatic rings. The Hall–Kier alpha value is -3.42. The Morgan fingerprint density at radius 2 is 1.87 bits per heavy atom. The van der Waals surface area contributed by atoms with Crippen LogP contribution in [0.3, 0.4) is 0 Å². The minimum Gasteiger partial charge on any atom is -0.381 e. The number of pyridine rings is 1. The van der Waals surface area contributed by atoms with Crippen molar-refractivity contribution in [2.24, 2.45) is 0 Å². The SMILES string of the molecule is CCn1ncc2c(NC3CCN(C(C)=O)CC3)c(C(=O)NCc3ccccc3)cnc21. The Bertz CT molecular complexity index is 1070. The first-order valence-electron chi connectivity index (χ1n) is 10.8.